The lowest BCUT2D eigenvalue weighted by Gasteiger charge is -2.15. The zero-order chi connectivity index (χ0) is 15.3. The lowest BCUT2D eigenvalue weighted by atomic mass is 10.3. The second-order valence-corrected chi connectivity index (χ2v) is 5.54. The van der Waals surface area contributed by atoms with Gasteiger partial charge in [0.2, 0.25) is 15.8 Å². The van der Waals surface area contributed by atoms with Crippen LogP contribution in [0.4, 0.5) is 10.1 Å². The van der Waals surface area contributed by atoms with Crippen molar-refractivity contribution in [3.05, 3.63) is 34.1 Å². The Labute approximate surface area is 114 Å². The van der Waals surface area contributed by atoms with Crippen molar-refractivity contribution in [3.63, 3.8) is 0 Å². The highest BCUT2D eigenvalue weighted by Gasteiger charge is 2.23. The minimum absolute atomic E-state index is 0.0782. The summed E-state index contributed by atoms with van der Waals surface area (Å²) in [6.45, 7) is -0.590. The van der Waals surface area contributed by atoms with Gasteiger partial charge >= 0.3 is 5.69 Å². The van der Waals surface area contributed by atoms with Gasteiger partial charge in [0.1, 0.15) is 0 Å². The van der Waals surface area contributed by atoms with Crippen molar-refractivity contribution < 1.29 is 27.6 Å². The van der Waals surface area contributed by atoms with Gasteiger partial charge < -0.3 is 9.84 Å². The van der Waals surface area contributed by atoms with Crippen LogP contribution in [0.1, 0.15) is 0 Å². The molecule has 0 radical (unpaired) electrons. The summed E-state index contributed by atoms with van der Waals surface area (Å²) >= 11 is 0. The van der Waals surface area contributed by atoms with Crippen LogP contribution >= 0.6 is 0 Å². The van der Waals surface area contributed by atoms with Gasteiger partial charge in [-0.1, -0.05) is 0 Å². The first-order valence-corrected chi connectivity index (χ1v) is 6.86. The van der Waals surface area contributed by atoms with Crippen LogP contribution in [-0.2, 0) is 14.8 Å². The quantitative estimate of drug-likeness (QED) is 0.541. The van der Waals surface area contributed by atoms with E-state index < -0.39 is 44.0 Å². The number of sulfonamides is 1. The van der Waals surface area contributed by atoms with Crippen molar-refractivity contribution in [1.29, 1.82) is 0 Å². The number of ether oxygens (including phenoxy) is 1. The number of nitro benzene ring substituents is 1. The fourth-order valence-electron chi connectivity index (χ4n) is 1.42. The van der Waals surface area contributed by atoms with Gasteiger partial charge in [-0.3, -0.25) is 10.1 Å². The summed E-state index contributed by atoms with van der Waals surface area (Å²) in [4.78, 5) is 9.01. The van der Waals surface area contributed by atoms with Crippen molar-refractivity contribution in [1.82, 2.24) is 4.72 Å². The maximum atomic E-state index is 13.4. The largest absolute Gasteiger partial charge is 0.395 e. The van der Waals surface area contributed by atoms with Gasteiger partial charge in [0.25, 0.3) is 0 Å². The average molecular weight is 308 g/mol. The summed E-state index contributed by atoms with van der Waals surface area (Å²) in [5, 5.41) is 19.4. The van der Waals surface area contributed by atoms with Crippen molar-refractivity contribution in [2.45, 2.75) is 10.9 Å². The molecule has 1 aromatic carbocycles. The van der Waals surface area contributed by atoms with E-state index in [9.17, 15) is 22.9 Å². The highest BCUT2D eigenvalue weighted by molar-refractivity contribution is 7.89. The highest BCUT2D eigenvalue weighted by atomic mass is 32.2. The molecule has 0 saturated carbocycles. The van der Waals surface area contributed by atoms with Gasteiger partial charge in [-0.15, -0.1) is 0 Å². The Morgan fingerprint density at radius 1 is 1.55 bits per heavy atom. The van der Waals surface area contributed by atoms with E-state index in [1.807, 2.05) is 0 Å². The number of hydrogen-bond acceptors (Lipinski definition) is 6. The highest BCUT2D eigenvalue weighted by Crippen LogP contribution is 2.20. The molecule has 2 N–H and O–H groups in total. The number of hydrogen-bond donors (Lipinski definition) is 2. The third kappa shape index (κ3) is 3.93. The maximum Gasteiger partial charge on any atom is 0.304 e. The number of rotatable bonds is 7. The van der Waals surface area contributed by atoms with E-state index in [1.165, 1.54) is 7.11 Å². The summed E-state index contributed by atoms with van der Waals surface area (Å²) in [5.41, 5.74) is -0.820. The van der Waals surface area contributed by atoms with Crippen LogP contribution in [0.3, 0.4) is 0 Å². The lowest BCUT2D eigenvalue weighted by Crippen LogP contribution is -2.40. The third-order valence-electron chi connectivity index (χ3n) is 2.34. The van der Waals surface area contributed by atoms with E-state index in [0.717, 1.165) is 12.1 Å². The second-order valence-electron chi connectivity index (χ2n) is 3.83. The topological polar surface area (TPSA) is 119 Å². The summed E-state index contributed by atoms with van der Waals surface area (Å²) in [6.07, 6.45) is 0. The normalized spacial score (nSPS) is 13.2. The average Bonchev–Trinajstić information content (AvgIpc) is 2.37. The maximum absolute atomic E-state index is 13.4. The molecule has 0 aliphatic heterocycles. The van der Waals surface area contributed by atoms with Gasteiger partial charge in [0, 0.05) is 19.2 Å². The summed E-state index contributed by atoms with van der Waals surface area (Å²) in [7, 11) is -2.79. The first-order chi connectivity index (χ1) is 9.31. The fourth-order valence-corrected chi connectivity index (χ4v) is 2.64. The van der Waals surface area contributed by atoms with E-state index in [0.29, 0.717) is 6.07 Å². The summed E-state index contributed by atoms with van der Waals surface area (Å²) < 4.78 is 44.0. The van der Waals surface area contributed by atoms with E-state index in [2.05, 4.69) is 4.72 Å². The molecule has 10 heteroatoms. The Morgan fingerprint density at radius 2 is 2.20 bits per heavy atom. The van der Waals surface area contributed by atoms with Crippen LogP contribution in [0.25, 0.3) is 0 Å². The number of halogens is 1. The standard InChI is InChI=1S/C10H13FN2O6S/c1-19-6-7(5-14)12-20(17,18)8-2-3-10(13(15)16)9(11)4-8/h2-4,7,12,14H,5-6H2,1H3. The van der Waals surface area contributed by atoms with Crippen molar-refractivity contribution in [2.24, 2.45) is 0 Å². The number of nitrogens with zero attached hydrogens (tertiary/aromatic N) is 1. The van der Waals surface area contributed by atoms with Crippen LogP contribution in [0.2, 0.25) is 0 Å². The Hall–Kier alpha value is -1.62. The number of benzene rings is 1. The molecule has 0 heterocycles. The molecule has 1 aromatic rings. The summed E-state index contributed by atoms with van der Waals surface area (Å²) in [5.74, 6) is -1.26. The molecule has 0 spiro atoms. The van der Waals surface area contributed by atoms with Crippen LogP contribution in [0.5, 0.6) is 0 Å². The Balaban J connectivity index is 3.04. The fraction of sp³-hybridized carbons (Fsp3) is 0.400. The lowest BCUT2D eigenvalue weighted by molar-refractivity contribution is -0.387. The monoisotopic (exact) mass is 308 g/mol. The van der Waals surface area contributed by atoms with Gasteiger partial charge in [0.15, 0.2) is 0 Å². The van der Waals surface area contributed by atoms with Crippen LogP contribution in [-0.4, -0.2) is 44.8 Å². The molecular weight excluding hydrogens is 295 g/mol. The third-order valence-corrected chi connectivity index (χ3v) is 3.85. The van der Waals surface area contributed by atoms with Crippen molar-refractivity contribution in [2.75, 3.05) is 20.3 Å². The molecule has 0 fully saturated rings. The number of nitro groups is 1. The second kappa shape index (κ2) is 6.70. The minimum atomic E-state index is -4.11. The Morgan fingerprint density at radius 3 is 2.65 bits per heavy atom. The van der Waals surface area contributed by atoms with Gasteiger partial charge in [0.05, 0.1) is 29.1 Å². The molecule has 0 aromatic heterocycles. The molecule has 0 aliphatic carbocycles. The van der Waals surface area contributed by atoms with E-state index in [-0.39, 0.29) is 6.61 Å². The minimum Gasteiger partial charge on any atom is -0.395 e. The van der Waals surface area contributed by atoms with E-state index >= 15 is 0 Å². The van der Waals surface area contributed by atoms with Crippen molar-refractivity contribution >= 4 is 15.7 Å². The van der Waals surface area contributed by atoms with Crippen molar-refractivity contribution in [3.8, 4) is 0 Å². The van der Waals surface area contributed by atoms with E-state index in [4.69, 9.17) is 9.84 Å². The number of nitrogens with one attached hydrogen (secondary N) is 1. The smallest absolute Gasteiger partial charge is 0.304 e. The predicted octanol–water partition coefficient (Wildman–Crippen LogP) is 0.0195. The first-order valence-electron chi connectivity index (χ1n) is 5.38. The molecule has 20 heavy (non-hydrogen) atoms. The van der Waals surface area contributed by atoms with Crippen LogP contribution < -0.4 is 4.72 Å². The molecule has 0 bridgehead atoms. The molecule has 0 saturated heterocycles. The van der Waals surface area contributed by atoms with Gasteiger partial charge in [-0.2, -0.15) is 4.39 Å². The summed E-state index contributed by atoms with van der Waals surface area (Å²) in [6, 6.07) is 1.31. The Kier molecular flexibility index (Phi) is 5.51. The number of aliphatic hydroxyl groups excluding tert-OH is 1. The van der Waals surface area contributed by atoms with E-state index in [1.54, 1.807) is 0 Å². The van der Waals surface area contributed by atoms with Gasteiger partial charge in [-0.25, -0.2) is 13.1 Å². The molecule has 1 unspecified atom stereocenters. The number of aliphatic hydroxyl groups is 1. The zero-order valence-corrected chi connectivity index (χ0v) is 11.3. The molecule has 1 atom stereocenters. The molecule has 112 valence electrons. The number of methoxy groups -OCH3 is 1. The first kappa shape index (κ1) is 16.4. The van der Waals surface area contributed by atoms with Crippen LogP contribution in [0.15, 0.2) is 23.1 Å². The van der Waals surface area contributed by atoms with Gasteiger partial charge in [-0.05, 0) is 6.07 Å². The predicted molar refractivity (Wildman–Crippen MR) is 66.1 cm³/mol. The Bertz CT molecular complexity index is 591. The zero-order valence-electron chi connectivity index (χ0n) is 10.4. The van der Waals surface area contributed by atoms with Crippen LogP contribution in [0, 0.1) is 15.9 Å². The molecule has 0 aliphatic rings. The molecule has 0 amide bonds. The molecule has 1 rings (SSSR count). The molecule has 8 nitrogen and oxygen atoms in total. The SMILES string of the molecule is COCC(CO)NS(=O)(=O)c1ccc([N+](=O)[O-])c(F)c1. The molecular formula is C10H13FN2O6S.